The number of anilines is 1. The quantitative estimate of drug-likeness (QED) is 0.773. The smallest absolute Gasteiger partial charge is 0.258 e. The van der Waals surface area contributed by atoms with E-state index in [-0.39, 0.29) is 5.91 Å². The topological polar surface area (TPSA) is 85.5 Å². The molecule has 24 heavy (non-hydrogen) atoms. The van der Waals surface area contributed by atoms with Crippen LogP contribution >= 0.6 is 0 Å². The van der Waals surface area contributed by atoms with E-state index in [9.17, 15) is 4.79 Å². The molecule has 0 saturated heterocycles. The molecule has 4 rings (SSSR count). The first-order valence-corrected chi connectivity index (χ1v) is 7.48. The van der Waals surface area contributed by atoms with E-state index >= 15 is 0 Å². The number of amides is 1. The number of hydrogen-bond acceptors (Lipinski definition) is 5. The summed E-state index contributed by atoms with van der Waals surface area (Å²) in [4.78, 5) is 19.9. The van der Waals surface area contributed by atoms with Crippen molar-refractivity contribution in [2.24, 2.45) is 0 Å². The molecule has 0 atom stereocenters. The lowest BCUT2D eigenvalue weighted by atomic mass is 10.1. The second-order valence-corrected chi connectivity index (χ2v) is 5.26. The molecule has 0 spiro atoms. The first-order chi connectivity index (χ1) is 11.7. The van der Waals surface area contributed by atoms with Crippen LogP contribution in [0.1, 0.15) is 10.4 Å². The standard InChI is InChI=1S/C17H15N3O4/c1-22-13-8-10(9-14-15(13)24-7-6-23-14)16(21)20-17-18-11-4-2-3-5-12(11)19-17/h2-5,8-9H,6-7H2,1H3,(H2,18,19,20,21). The number of H-pyrrole nitrogens is 1. The number of methoxy groups -OCH3 is 1. The van der Waals surface area contributed by atoms with Crippen molar-refractivity contribution < 1.29 is 19.0 Å². The van der Waals surface area contributed by atoms with Crippen LogP contribution in [0.2, 0.25) is 0 Å². The molecule has 0 radical (unpaired) electrons. The second-order valence-electron chi connectivity index (χ2n) is 5.26. The van der Waals surface area contributed by atoms with Crippen LogP contribution < -0.4 is 19.5 Å². The van der Waals surface area contributed by atoms with Gasteiger partial charge in [0.05, 0.1) is 18.1 Å². The molecular formula is C17H15N3O4. The summed E-state index contributed by atoms with van der Waals surface area (Å²) < 4.78 is 16.4. The predicted molar refractivity (Wildman–Crippen MR) is 88.0 cm³/mol. The van der Waals surface area contributed by atoms with Crippen molar-refractivity contribution in [3.05, 3.63) is 42.0 Å². The maximum Gasteiger partial charge on any atom is 0.258 e. The fraction of sp³-hybridized carbons (Fsp3) is 0.176. The number of carbonyl (C=O) groups excluding carboxylic acids is 1. The van der Waals surface area contributed by atoms with Gasteiger partial charge < -0.3 is 19.2 Å². The number of ether oxygens (including phenoxy) is 3. The summed E-state index contributed by atoms with van der Waals surface area (Å²) >= 11 is 0. The Morgan fingerprint density at radius 2 is 2.08 bits per heavy atom. The van der Waals surface area contributed by atoms with E-state index in [0.717, 1.165) is 11.0 Å². The van der Waals surface area contributed by atoms with E-state index in [4.69, 9.17) is 14.2 Å². The Morgan fingerprint density at radius 3 is 2.92 bits per heavy atom. The minimum atomic E-state index is -0.315. The number of nitrogens with zero attached hydrogens (tertiary/aromatic N) is 1. The molecule has 0 bridgehead atoms. The summed E-state index contributed by atoms with van der Waals surface area (Å²) in [5, 5.41) is 2.75. The Kier molecular flexibility index (Phi) is 3.45. The highest BCUT2D eigenvalue weighted by atomic mass is 16.6. The summed E-state index contributed by atoms with van der Waals surface area (Å²) in [6, 6.07) is 10.8. The summed E-state index contributed by atoms with van der Waals surface area (Å²) in [5.41, 5.74) is 2.04. The highest BCUT2D eigenvalue weighted by molar-refractivity contribution is 6.04. The van der Waals surface area contributed by atoms with Gasteiger partial charge in [-0.3, -0.25) is 10.1 Å². The van der Waals surface area contributed by atoms with Crippen LogP contribution in [0.3, 0.4) is 0 Å². The lowest BCUT2D eigenvalue weighted by molar-refractivity contribution is 0.102. The van der Waals surface area contributed by atoms with Gasteiger partial charge in [-0.25, -0.2) is 4.98 Å². The third-order valence-corrected chi connectivity index (χ3v) is 3.71. The zero-order valence-corrected chi connectivity index (χ0v) is 13.0. The van der Waals surface area contributed by atoms with Gasteiger partial charge in [-0.15, -0.1) is 0 Å². The van der Waals surface area contributed by atoms with Crippen molar-refractivity contribution in [3.8, 4) is 17.2 Å². The van der Waals surface area contributed by atoms with E-state index in [1.807, 2.05) is 24.3 Å². The Hall–Kier alpha value is -3.22. The van der Waals surface area contributed by atoms with Crippen LogP contribution in [0.4, 0.5) is 5.95 Å². The number of rotatable bonds is 3. The molecule has 1 aliphatic rings. The van der Waals surface area contributed by atoms with E-state index in [0.29, 0.717) is 42.0 Å². The number of nitrogens with one attached hydrogen (secondary N) is 2. The average Bonchev–Trinajstić information content (AvgIpc) is 3.02. The molecular weight excluding hydrogens is 310 g/mol. The van der Waals surface area contributed by atoms with Gasteiger partial charge in [0.25, 0.3) is 5.91 Å². The molecule has 0 aliphatic carbocycles. The third-order valence-electron chi connectivity index (χ3n) is 3.71. The number of imidazole rings is 1. The number of benzene rings is 2. The van der Waals surface area contributed by atoms with E-state index in [1.165, 1.54) is 7.11 Å². The van der Waals surface area contributed by atoms with Crippen molar-refractivity contribution in [1.82, 2.24) is 9.97 Å². The summed E-state index contributed by atoms with van der Waals surface area (Å²) in [6.45, 7) is 0.888. The van der Waals surface area contributed by atoms with Crippen molar-refractivity contribution >= 4 is 22.9 Å². The Bertz CT molecular complexity index is 869. The Morgan fingerprint density at radius 1 is 1.25 bits per heavy atom. The summed E-state index contributed by atoms with van der Waals surface area (Å²) in [6.07, 6.45) is 0. The first kappa shape index (κ1) is 14.4. The van der Waals surface area contributed by atoms with Gasteiger partial charge in [0.1, 0.15) is 13.2 Å². The molecule has 2 heterocycles. The molecule has 0 unspecified atom stereocenters. The van der Waals surface area contributed by atoms with E-state index in [2.05, 4.69) is 15.3 Å². The predicted octanol–water partition coefficient (Wildman–Crippen LogP) is 2.60. The molecule has 1 aromatic heterocycles. The molecule has 7 heteroatoms. The number of carbonyl (C=O) groups is 1. The van der Waals surface area contributed by atoms with Crippen molar-refractivity contribution in [3.63, 3.8) is 0 Å². The van der Waals surface area contributed by atoms with Crippen molar-refractivity contribution in [1.29, 1.82) is 0 Å². The molecule has 1 amide bonds. The SMILES string of the molecule is COc1cc(C(=O)Nc2nc3ccccc3[nH]2)cc2c1OCCO2. The van der Waals surface area contributed by atoms with E-state index < -0.39 is 0 Å². The fourth-order valence-electron chi connectivity index (χ4n) is 2.60. The van der Waals surface area contributed by atoms with Gasteiger partial charge in [-0.05, 0) is 24.3 Å². The molecule has 3 aromatic rings. The lowest BCUT2D eigenvalue weighted by Crippen LogP contribution is -2.18. The number of hydrogen-bond donors (Lipinski definition) is 2. The molecule has 122 valence electrons. The minimum Gasteiger partial charge on any atom is -0.493 e. The fourth-order valence-corrected chi connectivity index (χ4v) is 2.60. The third kappa shape index (κ3) is 2.50. The van der Waals surface area contributed by atoms with Crippen LogP contribution in [0, 0.1) is 0 Å². The molecule has 7 nitrogen and oxygen atoms in total. The Labute approximate surface area is 137 Å². The number of para-hydroxylation sites is 2. The van der Waals surface area contributed by atoms with Crippen LogP contribution in [0.5, 0.6) is 17.2 Å². The number of fused-ring (bicyclic) bond motifs is 2. The lowest BCUT2D eigenvalue weighted by Gasteiger charge is -2.21. The summed E-state index contributed by atoms with van der Waals surface area (Å²) in [5.74, 6) is 1.54. The van der Waals surface area contributed by atoms with Gasteiger partial charge in [-0.2, -0.15) is 0 Å². The first-order valence-electron chi connectivity index (χ1n) is 7.48. The van der Waals surface area contributed by atoms with Crippen LogP contribution in [0.15, 0.2) is 36.4 Å². The molecule has 0 saturated carbocycles. The van der Waals surface area contributed by atoms with Crippen molar-refractivity contribution in [2.45, 2.75) is 0 Å². The monoisotopic (exact) mass is 325 g/mol. The number of aromatic amines is 1. The van der Waals surface area contributed by atoms with Crippen LogP contribution in [-0.4, -0.2) is 36.2 Å². The second kappa shape index (κ2) is 5.77. The molecule has 2 N–H and O–H groups in total. The van der Waals surface area contributed by atoms with Gasteiger partial charge in [0.2, 0.25) is 11.7 Å². The van der Waals surface area contributed by atoms with Crippen LogP contribution in [0.25, 0.3) is 11.0 Å². The van der Waals surface area contributed by atoms with E-state index in [1.54, 1.807) is 12.1 Å². The van der Waals surface area contributed by atoms with Gasteiger partial charge in [0, 0.05) is 5.56 Å². The summed E-state index contributed by atoms with van der Waals surface area (Å²) in [7, 11) is 1.52. The molecule has 2 aromatic carbocycles. The normalized spacial score (nSPS) is 12.9. The molecule has 1 aliphatic heterocycles. The Balaban J connectivity index is 1.64. The van der Waals surface area contributed by atoms with Gasteiger partial charge in [-0.1, -0.05) is 12.1 Å². The highest BCUT2D eigenvalue weighted by Gasteiger charge is 2.21. The van der Waals surface area contributed by atoms with Crippen molar-refractivity contribution in [2.75, 3.05) is 25.6 Å². The maximum atomic E-state index is 12.5. The molecule has 0 fully saturated rings. The number of aromatic nitrogens is 2. The van der Waals surface area contributed by atoms with Crippen LogP contribution in [-0.2, 0) is 0 Å². The van der Waals surface area contributed by atoms with Gasteiger partial charge in [0.15, 0.2) is 11.5 Å². The van der Waals surface area contributed by atoms with Gasteiger partial charge >= 0.3 is 0 Å². The average molecular weight is 325 g/mol. The minimum absolute atomic E-state index is 0.315. The maximum absolute atomic E-state index is 12.5. The largest absolute Gasteiger partial charge is 0.493 e. The zero-order chi connectivity index (χ0) is 16.5. The highest BCUT2D eigenvalue weighted by Crippen LogP contribution is 2.40. The zero-order valence-electron chi connectivity index (χ0n) is 13.0.